The number of hydrogen-bond donors (Lipinski definition) is 2. The van der Waals surface area contributed by atoms with E-state index in [-0.39, 0.29) is 29.2 Å². The van der Waals surface area contributed by atoms with Crippen molar-refractivity contribution in [1.29, 1.82) is 0 Å². The van der Waals surface area contributed by atoms with Crippen LogP contribution in [-0.4, -0.2) is 69.2 Å². The van der Waals surface area contributed by atoms with Crippen LogP contribution in [0, 0.1) is 12.7 Å². The molecule has 0 saturated carbocycles. The highest BCUT2D eigenvalue weighted by atomic mass is 19.1. The fourth-order valence-electron chi connectivity index (χ4n) is 5.06. The summed E-state index contributed by atoms with van der Waals surface area (Å²) in [6.07, 6.45) is 0.267. The van der Waals surface area contributed by atoms with Crippen LogP contribution in [0.15, 0.2) is 12.1 Å². The molecular weight excluding hydrogens is 531 g/mol. The number of amides is 2. The fourth-order valence-corrected chi connectivity index (χ4v) is 5.06. The lowest BCUT2D eigenvalue weighted by Crippen LogP contribution is -2.61. The van der Waals surface area contributed by atoms with Crippen LogP contribution in [-0.2, 0) is 21.9 Å². The number of aryl methyl sites for hydroxylation is 1. The summed E-state index contributed by atoms with van der Waals surface area (Å²) in [4.78, 5) is 31.5. The Bertz CT molecular complexity index is 1280. The minimum absolute atomic E-state index is 0.179. The maximum atomic E-state index is 15.2. The third-order valence-corrected chi connectivity index (χ3v) is 7.23. The summed E-state index contributed by atoms with van der Waals surface area (Å²) < 4.78 is 33.9. The van der Waals surface area contributed by atoms with Gasteiger partial charge >= 0.3 is 6.09 Å². The number of ether oxygens (including phenoxy) is 3. The lowest BCUT2D eigenvalue weighted by molar-refractivity contribution is -0.106. The molecule has 2 N–H and O–H groups in total. The Hall–Kier alpha value is -3.18. The molecule has 0 aliphatic carbocycles. The molecule has 2 atom stereocenters. The van der Waals surface area contributed by atoms with E-state index in [0.29, 0.717) is 42.9 Å². The van der Waals surface area contributed by atoms with Gasteiger partial charge in [-0.3, -0.25) is 4.79 Å². The summed E-state index contributed by atoms with van der Waals surface area (Å²) in [5.41, 5.74) is 0.354. The molecule has 41 heavy (non-hydrogen) atoms. The van der Waals surface area contributed by atoms with Crippen LogP contribution in [0.1, 0.15) is 100 Å². The van der Waals surface area contributed by atoms with Gasteiger partial charge < -0.3 is 34.1 Å². The van der Waals surface area contributed by atoms with Gasteiger partial charge in [0.1, 0.15) is 34.8 Å². The number of hydrogen-bond acceptors (Lipinski definition) is 7. The third-order valence-electron chi connectivity index (χ3n) is 7.23. The standard InChI is InChI=1S/C30H43FN4O6/c1-17-24(27(37)33-18-15-35(16-18)28(38)41-30(5,6)7)34(8)26(32-17)25(36)19-13-20(29(2,3)4)21(31)14-22(19)40-23-11-9-10-12-39-23/h13-14,18,23,25,36H,9-12,15-16H2,1-8H3,(H,33,37). The van der Waals surface area contributed by atoms with E-state index in [1.807, 2.05) is 20.8 Å². The van der Waals surface area contributed by atoms with Gasteiger partial charge in [-0.25, -0.2) is 14.2 Å². The number of halogens is 1. The first kappa shape index (κ1) is 30.8. The number of nitrogens with zero attached hydrogens (tertiary/aromatic N) is 3. The lowest BCUT2D eigenvalue weighted by atomic mass is 9.84. The zero-order chi connectivity index (χ0) is 30.3. The van der Waals surface area contributed by atoms with E-state index >= 15 is 4.39 Å². The molecule has 0 radical (unpaired) electrons. The SMILES string of the molecule is Cc1nc(C(O)c2cc(C(C)(C)C)c(F)cc2OC2CCCCO2)n(C)c1C(=O)NC1CN(C(=O)OC(C)(C)C)C1. The van der Waals surface area contributed by atoms with Crippen LogP contribution in [0.5, 0.6) is 5.75 Å². The number of carbonyl (C=O) groups excluding carboxylic acids is 2. The number of rotatable bonds is 6. The fraction of sp³-hybridized carbons (Fsp3) is 0.633. The summed E-state index contributed by atoms with van der Waals surface area (Å²) in [6.45, 7) is 14.0. The Kier molecular flexibility index (Phi) is 8.71. The van der Waals surface area contributed by atoms with Crippen molar-refractivity contribution in [3.8, 4) is 5.75 Å². The summed E-state index contributed by atoms with van der Waals surface area (Å²) in [5.74, 6) is -0.404. The summed E-state index contributed by atoms with van der Waals surface area (Å²) in [7, 11) is 1.65. The zero-order valence-corrected chi connectivity index (χ0v) is 25.3. The first-order valence-electron chi connectivity index (χ1n) is 14.2. The molecule has 4 rings (SSSR count). The molecule has 2 aromatic rings. The van der Waals surface area contributed by atoms with Crippen LogP contribution >= 0.6 is 0 Å². The number of aliphatic hydroxyl groups is 1. The highest BCUT2D eigenvalue weighted by Crippen LogP contribution is 2.37. The first-order chi connectivity index (χ1) is 19.0. The zero-order valence-electron chi connectivity index (χ0n) is 25.3. The van der Waals surface area contributed by atoms with Crippen molar-refractivity contribution in [2.45, 2.75) is 97.2 Å². The van der Waals surface area contributed by atoms with Gasteiger partial charge in [0, 0.05) is 38.2 Å². The van der Waals surface area contributed by atoms with Gasteiger partial charge in [-0.1, -0.05) is 20.8 Å². The summed E-state index contributed by atoms with van der Waals surface area (Å²) in [5, 5.41) is 14.5. The number of imidazole rings is 1. The van der Waals surface area contributed by atoms with E-state index in [0.717, 1.165) is 12.8 Å². The van der Waals surface area contributed by atoms with Crippen molar-refractivity contribution < 1.29 is 33.3 Å². The average molecular weight is 575 g/mol. The topological polar surface area (TPSA) is 115 Å². The molecule has 2 saturated heterocycles. The number of carbonyl (C=O) groups is 2. The number of aliphatic hydroxyl groups excluding tert-OH is 1. The lowest BCUT2D eigenvalue weighted by Gasteiger charge is -2.39. The van der Waals surface area contributed by atoms with Crippen molar-refractivity contribution in [1.82, 2.24) is 19.8 Å². The van der Waals surface area contributed by atoms with Crippen molar-refractivity contribution in [2.75, 3.05) is 19.7 Å². The van der Waals surface area contributed by atoms with Gasteiger partial charge in [0.2, 0.25) is 0 Å². The highest BCUT2D eigenvalue weighted by molar-refractivity contribution is 5.94. The number of benzene rings is 1. The van der Waals surface area contributed by atoms with Crippen molar-refractivity contribution in [3.05, 3.63) is 46.3 Å². The van der Waals surface area contributed by atoms with Gasteiger partial charge in [0.15, 0.2) is 6.29 Å². The molecule has 2 unspecified atom stereocenters. The van der Waals surface area contributed by atoms with E-state index in [1.54, 1.807) is 45.4 Å². The Morgan fingerprint density at radius 2 is 1.85 bits per heavy atom. The molecule has 0 spiro atoms. The van der Waals surface area contributed by atoms with E-state index in [4.69, 9.17) is 14.2 Å². The maximum Gasteiger partial charge on any atom is 0.410 e. The normalized spacial score (nSPS) is 19.0. The molecule has 2 fully saturated rings. The van der Waals surface area contributed by atoms with Gasteiger partial charge in [0.25, 0.3) is 5.91 Å². The second kappa shape index (κ2) is 11.6. The van der Waals surface area contributed by atoms with E-state index < -0.39 is 35.3 Å². The van der Waals surface area contributed by atoms with Gasteiger partial charge in [0.05, 0.1) is 18.3 Å². The van der Waals surface area contributed by atoms with Crippen LogP contribution in [0.25, 0.3) is 0 Å². The monoisotopic (exact) mass is 574 g/mol. The number of aromatic nitrogens is 2. The molecule has 10 nitrogen and oxygen atoms in total. The largest absolute Gasteiger partial charge is 0.464 e. The Labute approximate surface area is 241 Å². The Morgan fingerprint density at radius 3 is 2.44 bits per heavy atom. The van der Waals surface area contributed by atoms with E-state index in [2.05, 4.69) is 10.3 Å². The molecule has 0 bridgehead atoms. The van der Waals surface area contributed by atoms with E-state index in [9.17, 15) is 14.7 Å². The van der Waals surface area contributed by atoms with Gasteiger partial charge in [-0.2, -0.15) is 0 Å². The van der Waals surface area contributed by atoms with E-state index in [1.165, 1.54) is 11.0 Å². The average Bonchev–Trinajstić information content (AvgIpc) is 3.13. The smallest absolute Gasteiger partial charge is 0.410 e. The number of likely N-dealkylation sites (tertiary alicyclic amines) is 1. The highest BCUT2D eigenvalue weighted by Gasteiger charge is 2.36. The Balaban J connectivity index is 1.56. The summed E-state index contributed by atoms with van der Waals surface area (Å²) >= 11 is 0. The van der Waals surface area contributed by atoms with Crippen molar-refractivity contribution in [3.63, 3.8) is 0 Å². The van der Waals surface area contributed by atoms with Crippen LogP contribution in [0.3, 0.4) is 0 Å². The molecule has 226 valence electrons. The first-order valence-corrected chi connectivity index (χ1v) is 14.2. The molecule has 1 aromatic heterocycles. The van der Waals surface area contributed by atoms with Crippen LogP contribution in [0.2, 0.25) is 0 Å². The quantitative estimate of drug-likeness (QED) is 0.522. The molecular formula is C30H43FN4O6. The predicted molar refractivity (Wildman–Crippen MR) is 150 cm³/mol. The molecule has 11 heteroatoms. The molecule has 2 amide bonds. The number of nitrogens with one attached hydrogen (secondary N) is 1. The van der Waals surface area contributed by atoms with Gasteiger partial charge in [-0.05, 0) is 57.6 Å². The second-order valence-electron chi connectivity index (χ2n) is 13.0. The van der Waals surface area contributed by atoms with Crippen molar-refractivity contribution in [2.24, 2.45) is 7.05 Å². The van der Waals surface area contributed by atoms with Crippen molar-refractivity contribution >= 4 is 12.0 Å². The minimum atomic E-state index is -1.30. The molecule has 3 heterocycles. The molecule has 2 aliphatic heterocycles. The summed E-state index contributed by atoms with van der Waals surface area (Å²) in [6, 6.07) is 2.68. The third kappa shape index (κ3) is 7.01. The van der Waals surface area contributed by atoms with Crippen LogP contribution < -0.4 is 10.1 Å². The molecule has 2 aliphatic rings. The van der Waals surface area contributed by atoms with Gasteiger partial charge in [-0.15, -0.1) is 0 Å². The second-order valence-corrected chi connectivity index (χ2v) is 13.0. The molecule has 1 aromatic carbocycles. The minimum Gasteiger partial charge on any atom is -0.464 e. The predicted octanol–water partition coefficient (Wildman–Crippen LogP) is 4.50. The maximum absolute atomic E-state index is 15.2. The van der Waals surface area contributed by atoms with Crippen LogP contribution in [0.4, 0.5) is 9.18 Å². The Morgan fingerprint density at radius 1 is 1.17 bits per heavy atom.